The number of para-hydroxylation sites is 1. The third-order valence-electron chi connectivity index (χ3n) is 4.04. The Labute approximate surface area is 125 Å². The minimum absolute atomic E-state index is 0.0581. The van der Waals surface area contributed by atoms with Gasteiger partial charge in [0.25, 0.3) is 0 Å². The van der Waals surface area contributed by atoms with Gasteiger partial charge >= 0.3 is 0 Å². The van der Waals surface area contributed by atoms with Crippen molar-refractivity contribution in [3.63, 3.8) is 0 Å². The van der Waals surface area contributed by atoms with Crippen LogP contribution < -0.4 is 10.6 Å². The highest BCUT2D eigenvalue weighted by Gasteiger charge is 2.24. The van der Waals surface area contributed by atoms with Crippen molar-refractivity contribution in [3.8, 4) is 0 Å². The molecule has 21 heavy (non-hydrogen) atoms. The summed E-state index contributed by atoms with van der Waals surface area (Å²) in [5.74, 6) is 0.0581. The number of hydrogen-bond acceptors (Lipinski definition) is 2. The van der Waals surface area contributed by atoms with Crippen molar-refractivity contribution in [1.29, 1.82) is 0 Å². The van der Waals surface area contributed by atoms with Gasteiger partial charge in [0.2, 0.25) is 5.91 Å². The van der Waals surface area contributed by atoms with Crippen LogP contribution in [0.25, 0.3) is 0 Å². The smallest absolute Gasteiger partial charge is 0.241 e. The van der Waals surface area contributed by atoms with Gasteiger partial charge in [0.05, 0.1) is 6.04 Å². The largest absolute Gasteiger partial charge is 0.324 e. The third kappa shape index (κ3) is 3.14. The van der Waals surface area contributed by atoms with Crippen molar-refractivity contribution in [2.45, 2.75) is 31.8 Å². The molecule has 0 radical (unpaired) electrons. The first kappa shape index (κ1) is 13.8. The predicted octanol–water partition coefficient (Wildman–Crippen LogP) is 3.29. The van der Waals surface area contributed by atoms with Crippen LogP contribution in [0.2, 0.25) is 0 Å². The van der Waals surface area contributed by atoms with Crippen LogP contribution >= 0.6 is 0 Å². The number of carbonyl (C=O) groups is 1. The molecule has 0 spiro atoms. The van der Waals surface area contributed by atoms with Crippen LogP contribution in [-0.4, -0.2) is 11.9 Å². The maximum atomic E-state index is 12.4. The fourth-order valence-corrected chi connectivity index (χ4v) is 2.81. The van der Waals surface area contributed by atoms with E-state index in [0.29, 0.717) is 0 Å². The first-order valence-electron chi connectivity index (χ1n) is 7.44. The van der Waals surface area contributed by atoms with Crippen LogP contribution in [0, 0.1) is 0 Å². The van der Waals surface area contributed by atoms with E-state index in [2.05, 4.69) is 35.8 Å². The van der Waals surface area contributed by atoms with Gasteiger partial charge in [-0.15, -0.1) is 0 Å². The van der Waals surface area contributed by atoms with E-state index in [0.717, 1.165) is 18.5 Å². The van der Waals surface area contributed by atoms with Gasteiger partial charge in [-0.1, -0.05) is 48.5 Å². The molecule has 1 unspecified atom stereocenters. The zero-order valence-corrected chi connectivity index (χ0v) is 12.2. The van der Waals surface area contributed by atoms with Gasteiger partial charge < -0.3 is 5.32 Å². The Bertz CT molecular complexity index is 624. The van der Waals surface area contributed by atoms with E-state index >= 15 is 0 Å². The van der Waals surface area contributed by atoms with E-state index < -0.39 is 0 Å². The lowest BCUT2D eigenvalue weighted by atomic mass is 10.0. The molecule has 3 heteroatoms. The highest BCUT2D eigenvalue weighted by molar-refractivity contribution is 5.96. The topological polar surface area (TPSA) is 41.1 Å². The fraction of sp³-hybridized carbons (Fsp3) is 0.278. The maximum Gasteiger partial charge on any atom is 0.241 e. The molecule has 3 nitrogen and oxygen atoms in total. The summed E-state index contributed by atoms with van der Waals surface area (Å²) in [4.78, 5) is 12.4. The third-order valence-corrected chi connectivity index (χ3v) is 4.04. The Balaban J connectivity index is 1.71. The summed E-state index contributed by atoms with van der Waals surface area (Å²) in [6.45, 7) is 2.10. The second-order valence-electron chi connectivity index (χ2n) is 5.54. The molecule has 0 bridgehead atoms. The van der Waals surface area contributed by atoms with Crippen LogP contribution in [0.5, 0.6) is 0 Å². The number of nitrogens with one attached hydrogen (secondary N) is 2. The number of amides is 1. The molecule has 1 heterocycles. The Morgan fingerprint density at radius 1 is 1.10 bits per heavy atom. The summed E-state index contributed by atoms with van der Waals surface area (Å²) < 4.78 is 0. The minimum Gasteiger partial charge on any atom is -0.324 e. The average Bonchev–Trinajstić information content (AvgIpc) is 2.67. The Morgan fingerprint density at radius 2 is 1.81 bits per heavy atom. The molecule has 0 aromatic heterocycles. The summed E-state index contributed by atoms with van der Waals surface area (Å²) in [7, 11) is 0. The monoisotopic (exact) mass is 280 g/mol. The molecule has 108 valence electrons. The number of carbonyl (C=O) groups excluding carboxylic acids is 1. The first-order valence-corrected chi connectivity index (χ1v) is 7.44. The minimum atomic E-state index is -0.160. The van der Waals surface area contributed by atoms with Crippen LogP contribution in [-0.2, 0) is 11.2 Å². The first-order chi connectivity index (χ1) is 10.2. The van der Waals surface area contributed by atoms with Gasteiger partial charge in [0.15, 0.2) is 0 Å². The summed E-state index contributed by atoms with van der Waals surface area (Å²) in [5, 5.41) is 6.48. The van der Waals surface area contributed by atoms with Crippen LogP contribution in [0.3, 0.4) is 0 Å². The van der Waals surface area contributed by atoms with Crippen molar-refractivity contribution < 1.29 is 4.79 Å². The lowest BCUT2D eigenvalue weighted by Crippen LogP contribution is -2.41. The summed E-state index contributed by atoms with van der Waals surface area (Å²) in [6, 6.07) is 18.2. The molecule has 1 aliphatic rings. The summed E-state index contributed by atoms with van der Waals surface area (Å²) in [5.41, 5.74) is 3.36. The molecule has 1 aliphatic heterocycles. The fourth-order valence-electron chi connectivity index (χ4n) is 2.81. The number of anilines is 1. The molecule has 2 aromatic rings. The summed E-state index contributed by atoms with van der Waals surface area (Å²) >= 11 is 0. The van der Waals surface area contributed by atoms with E-state index in [1.165, 1.54) is 11.1 Å². The highest BCUT2D eigenvalue weighted by atomic mass is 16.2. The van der Waals surface area contributed by atoms with E-state index in [1.54, 1.807) is 0 Å². The lowest BCUT2D eigenvalue weighted by molar-refractivity contribution is -0.118. The van der Waals surface area contributed by atoms with E-state index in [9.17, 15) is 4.79 Å². The molecule has 0 saturated carbocycles. The van der Waals surface area contributed by atoms with E-state index in [1.807, 2.05) is 36.4 Å². The average molecular weight is 280 g/mol. The molecule has 0 fully saturated rings. The molecule has 0 saturated heterocycles. The van der Waals surface area contributed by atoms with Crippen LogP contribution in [0.15, 0.2) is 54.6 Å². The predicted molar refractivity (Wildman–Crippen MR) is 85.2 cm³/mol. The normalized spacial score (nSPS) is 19.3. The van der Waals surface area contributed by atoms with Crippen LogP contribution in [0.1, 0.15) is 30.5 Å². The Kier molecular flexibility index (Phi) is 4.02. The van der Waals surface area contributed by atoms with Gasteiger partial charge in [0.1, 0.15) is 0 Å². The molecule has 2 aromatic carbocycles. The van der Waals surface area contributed by atoms with Gasteiger partial charge in [-0.3, -0.25) is 10.1 Å². The van der Waals surface area contributed by atoms with Gasteiger partial charge in [-0.25, -0.2) is 0 Å². The van der Waals surface area contributed by atoms with Gasteiger partial charge in [0, 0.05) is 11.7 Å². The second-order valence-corrected chi connectivity index (χ2v) is 5.54. The molecule has 2 N–H and O–H groups in total. The van der Waals surface area contributed by atoms with Gasteiger partial charge in [-0.05, 0) is 37.0 Å². The number of hydrogen-bond donors (Lipinski definition) is 2. The zero-order valence-electron chi connectivity index (χ0n) is 12.2. The number of benzene rings is 2. The zero-order chi connectivity index (χ0) is 14.7. The quantitative estimate of drug-likeness (QED) is 0.906. The lowest BCUT2D eigenvalue weighted by Gasteiger charge is -2.21. The van der Waals surface area contributed by atoms with E-state index in [-0.39, 0.29) is 18.0 Å². The SMILES string of the molecule is CC(N[C@H]1CCc2ccccc2NC1=O)c1ccccc1. The molecular formula is C18H20N2O. The van der Waals surface area contributed by atoms with Crippen LogP contribution in [0.4, 0.5) is 5.69 Å². The maximum absolute atomic E-state index is 12.4. The summed E-state index contributed by atoms with van der Waals surface area (Å²) in [6.07, 6.45) is 1.73. The molecule has 2 atom stereocenters. The Hall–Kier alpha value is -2.13. The van der Waals surface area contributed by atoms with E-state index in [4.69, 9.17) is 0 Å². The Morgan fingerprint density at radius 3 is 2.62 bits per heavy atom. The molecule has 0 aliphatic carbocycles. The van der Waals surface area contributed by atoms with Crippen molar-refractivity contribution in [3.05, 3.63) is 65.7 Å². The standard InChI is InChI=1S/C18H20N2O/c1-13(14-7-3-2-4-8-14)19-17-12-11-15-9-5-6-10-16(15)20-18(17)21/h2-10,13,17,19H,11-12H2,1H3,(H,20,21)/t13?,17-/m0/s1. The molecule has 3 rings (SSSR count). The number of rotatable bonds is 3. The van der Waals surface area contributed by atoms with Crippen molar-refractivity contribution in [2.24, 2.45) is 0 Å². The van der Waals surface area contributed by atoms with Crippen molar-refractivity contribution in [2.75, 3.05) is 5.32 Å². The number of fused-ring (bicyclic) bond motifs is 1. The highest BCUT2D eigenvalue weighted by Crippen LogP contribution is 2.23. The second kappa shape index (κ2) is 6.10. The number of aryl methyl sites for hydroxylation is 1. The molecule has 1 amide bonds. The van der Waals surface area contributed by atoms with Crippen molar-refractivity contribution in [1.82, 2.24) is 5.32 Å². The van der Waals surface area contributed by atoms with Crippen molar-refractivity contribution >= 4 is 11.6 Å². The molecular weight excluding hydrogens is 260 g/mol. The van der Waals surface area contributed by atoms with Gasteiger partial charge in [-0.2, -0.15) is 0 Å².